The van der Waals surface area contributed by atoms with Gasteiger partial charge in [-0.2, -0.15) is 0 Å². The molecule has 1 amide bonds. The Labute approximate surface area is 161 Å². The maximum absolute atomic E-state index is 13.0. The van der Waals surface area contributed by atoms with Crippen LogP contribution < -0.4 is 10.1 Å². The number of nitrogens with one attached hydrogen (secondary N) is 1. The number of carbonyl (C=O) groups is 2. The summed E-state index contributed by atoms with van der Waals surface area (Å²) in [5.74, 6) is -1.82. The number of rotatable bonds is 6. The molecule has 2 heterocycles. The average molecular weight is 388 g/mol. The summed E-state index contributed by atoms with van der Waals surface area (Å²) in [4.78, 5) is 29.1. The lowest BCUT2D eigenvalue weighted by Gasteiger charge is -2.34. The van der Waals surface area contributed by atoms with Crippen molar-refractivity contribution in [2.24, 2.45) is 0 Å². The Balaban J connectivity index is 1.87. The Morgan fingerprint density at radius 1 is 1.29 bits per heavy atom. The molecule has 1 aromatic carbocycles. The summed E-state index contributed by atoms with van der Waals surface area (Å²) in [6.07, 6.45) is 1.33. The van der Waals surface area contributed by atoms with Gasteiger partial charge in [-0.25, -0.2) is 9.37 Å². The van der Waals surface area contributed by atoms with Crippen molar-refractivity contribution >= 4 is 11.7 Å². The fraction of sp³-hybridized carbons (Fsp3) is 0.350. The maximum atomic E-state index is 13.0. The minimum Gasteiger partial charge on any atom is -0.460 e. The van der Waals surface area contributed by atoms with Crippen LogP contribution in [0.3, 0.4) is 0 Å². The molecule has 0 saturated heterocycles. The van der Waals surface area contributed by atoms with E-state index in [9.17, 15) is 14.0 Å². The summed E-state index contributed by atoms with van der Waals surface area (Å²) >= 11 is 0. The molecule has 0 atom stereocenters. The first kappa shape index (κ1) is 19.9. The van der Waals surface area contributed by atoms with Crippen LogP contribution >= 0.6 is 0 Å². The Morgan fingerprint density at radius 2 is 2.00 bits per heavy atom. The van der Waals surface area contributed by atoms with Crippen LogP contribution in [0.5, 0.6) is 5.75 Å². The SMILES string of the molecule is COCC(=O)c1ncc(C(=O)NCc2ccc(F)cc2)c2c1OC(C)(C)OC2. The third kappa shape index (κ3) is 4.35. The van der Waals surface area contributed by atoms with E-state index >= 15 is 0 Å². The second-order valence-electron chi connectivity index (χ2n) is 6.78. The van der Waals surface area contributed by atoms with Crippen molar-refractivity contribution < 1.29 is 28.2 Å². The summed E-state index contributed by atoms with van der Waals surface area (Å²) in [5.41, 5.74) is 1.55. The molecule has 0 spiro atoms. The van der Waals surface area contributed by atoms with Gasteiger partial charge in [0.2, 0.25) is 11.6 Å². The number of pyridine rings is 1. The van der Waals surface area contributed by atoms with Crippen molar-refractivity contribution in [2.75, 3.05) is 13.7 Å². The molecule has 0 radical (unpaired) electrons. The molecule has 8 heteroatoms. The van der Waals surface area contributed by atoms with Gasteiger partial charge in [0.25, 0.3) is 5.91 Å². The summed E-state index contributed by atoms with van der Waals surface area (Å²) in [6.45, 7) is 3.58. The van der Waals surface area contributed by atoms with Crippen LogP contribution in [0.15, 0.2) is 30.5 Å². The van der Waals surface area contributed by atoms with Crippen molar-refractivity contribution in [1.29, 1.82) is 0 Å². The van der Waals surface area contributed by atoms with E-state index in [-0.39, 0.29) is 48.4 Å². The third-order valence-electron chi connectivity index (χ3n) is 4.20. The molecule has 0 fully saturated rings. The van der Waals surface area contributed by atoms with Crippen LogP contribution in [-0.4, -0.2) is 36.2 Å². The quantitative estimate of drug-likeness (QED) is 0.766. The van der Waals surface area contributed by atoms with E-state index in [4.69, 9.17) is 14.2 Å². The van der Waals surface area contributed by atoms with E-state index in [1.54, 1.807) is 26.0 Å². The van der Waals surface area contributed by atoms with Gasteiger partial charge in [0, 0.05) is 39.3 Å². The molecule has 2 aromatic rings. The molecule has 0 saturated carbocycles. The number of carbonyl (C=O) groups excluding carboxylic acids is 2. The van der Waals surface area contributed by atoms with Gasteiger partial charge in [-0.3, -0.25) is 9.59 Å². The molecule has 0 unspecified atom stereocenters. The van der Waals surface area contributed by atoms with Crippen LogP contribution in [0.25, 0.3) is 0 Å². The van der Waals surface area contributed by atoms with E-state index in [1.165, 1.54) is 25.4 Å². The molecule has 3 rings (SSSR count). The number of methoxy groups -OCH3 is 1. The first-order chi connectivity index (χ1) is 13.3. The number of ketones is 1. The zero-order chi connectivity index (χ0) is 20.3. The van der Waals surface area contributed by atoms with Crippen molar-refractivity contribution in [2.45, 2.75) is 32.8 Å². The Morgan fingerprint density at radius 3 is 2.68 bits per heavy atom. The Hall–Kier alpha value is -2.84. The summed E-state index contributed by atoms with van der Waals surface area (Å²) in [5, 5.41) is 2.76. The highest BCUT2D eigenvalue weighted by atomic mass is 19.1. The van der Waals surface area contributed by atoms with Crippen LogP contribution in [-0.2, 0) is 22.6 Å². The van der Waals surface area contributed by atoms with E-state index in [0.29, 0.717) is 5.56 Å². The van der Waals surface area contributed by atoms with E-state index in [2.05, 4.69) is 10.3 Å². The molecule has 0 aliphatic carbocycles. The molecule has 148 valence electrons. The van der Waals surface area contributed by atoms with Crippen molar-refractivity contribution in [3.05, 3.63) is 58.7 Å². The van der Waals surface area contributed by atoms with Crippen molar-refractivity contribution in [3.8, 4) is 5.75 Å². The molecule has 7 nitrogen and oxygen atoms in total. The third-order valence-corrected chi connectivity index (χ3v) is 4.20. The normalized spacial score (nSPS) is 14.7. The van der Waals surface area contributed by atoms with E-state index in [0.717, 1.165) is 5.56 Å². The molecule has 1 aliphatic heterocycles. The number of benzene rings is 1. The van der Waals surface area contributed by atoms with Gasteiger partial charge in [0.1, 0.15) is 12.4 Å². The molecular weight excluding hydrogens is 367 g/mol. The van der Waals surface area contributed by atoms with Crippen molar-refractivity contribution in [1.82, 2.24) is 10.3 Å². The average Bonchev–Trinajstić information content (AvgIpc) is 2.65. The fourth-order valence-electron chi connectivity index (χ4n) is 2.78. The Bertz CT molecular complexity index is 896. The molecule has 0 bridgehead atoms. The zero-order valence-electron chi connectivity index (χ0n) is 15.9. The monoisotopic (exact) mass is 388 g/mol. The first-order valence-corrected chi connectivity index (χ1v) is 8.70. The number of halogens is 1. The summed E-state index contributed by atoms with van der Waals surface area (Å²) in [7, 11) is 1.41. The highest BCUT2D eigenvalue weighted by Crippen LogP contribution is 2.35. The summed E-state index contributed by atoms with van der Waals surface area (Å²) in [6, 6.07) is 5.82. The van der Waals surface area contributed by atoms with Gasteiger partial charge in [-0.05, 0) is 17.7 Å². The smallest absolute Gasteiger partial charge is 0.253 e. The number of fused-ring (bicyclic) bond motifs is 1. The van der Waals surface area contributed by atoms with Crippen molar-refractivity contribution in [3.63, 3.8) is 0 Å². The van der Waals surface area contributed by atoms with Gasteiger partial charge in [-0.15, -0.1) is 0 Å². The predicted octanol–water partition coefficient (Wildman–Crippen LogP) is 2.62. The molecule has 1 aliphatic rings. The highest BCUT2D eigenvalue weighted by Gasteiger charge is 2.34. The van der Waals surface area contributed by atoms with Gasteiger partial charge in [0.05, 0.1) is 12.2 Å². The van der Waals surface area contributed by atoms with E-state index < -0.39 is 11.7 Å². The number of hydrogen-bond acceptors (Lipinski definition) is 6. The van der Waals surface area contributed by atoms with Gasteiger partial charge in [-0.1, -0.05) is 12.1 Å². The number of ether oxygens (including phenoxy) is 3. The van der Waals surface area contributed by atoms with E-state index in [1.807, 2.05) is 0 Å². The second-order valence-corrected chi connectivity index (χ2v) is 6.78. The first-order valence-electron chi connectivity index (χ1n) is 8.70. The maximum Gasteiger partial charge on any atom is 0.253 e. The number of nitrogens with zero attached hydrogens (tertiary/aromatic N) is 1. The van der Waals surface area contributed by atoms with Crippen LogP contribution in [0.2, 0.25) is 0 Å². The summed E-state index contributed by atoms with van der Waals surface area (Å²) < 4.78 is 29.3. The molecule has 1 aromatic heterocycles. The van der Waals surface area contributed by atoms with Gasteiger partial charge in [0.15, 0.2) is 11.4 Å². The van der Waals surface area contributed by atoms with Crippen LogP contribution in [0.1, 0.15) is 45.8 Å². The minimum atomic E-state index is -0.958. The molecule has 28 heavy (non-hydrogen) atoms. The van der Waals surface area contributed by atoms with Gasteiger partial charge < -0.3 is 19.5 Å². The predicted molar refractivity (Wildman–Crippen MR) is 97.5 cm³/mol. The topological polar surface area (TPSA) is 86.8 Å². The number of aromatic nitrogens is 1. The fourth-order valence-corrected chi connectivity index (χ4v) is 2.78. The number of amides is 1. The van der Waals surface area contributed by atoms with Crippen LogP contribution in [0, 0.1) is 5.82 Å². The second kappa shape index (κ2) is 8.04. The standard InChI is InChI=1S/C20H21FN2O5/c1-20(2)27-10-15-14(9-22-17(18(15)28-20)16(24)11-26-3)19(25)23-8-12-4-6-13(21)7-5-12/h4-7,9H,8,10-11H2,1-3H3,(H,23,25). The highest BCUT2D eigenvalue weighted by molar-refractivity contribution is 6.01. The van der Waals surface area contributed by atoms with Gasteiger partial charge >= 0.3 is 0 Å². The lowest BCUT2D eigenvalue weighted by Crippen LogP contribution is -2.38. The number of hydrogen-bond donors (Lipinski definition) is 1. The zero-order valence-corrected chi connectivity index (χ0v) is 15.9. The largest absolute Gasteiger partial charge is 0.460 e. The number of Topliss-reactive ketones (excluding diaryl/α,β-unsaturated/α-hetero) is 1. The molecular formula is C20H21FN2O5. The lowest BCUT2D eigenvalue weighted by atomic mass is 10.0. The van der Waals surface area contributed by atoms with Crippen LogP contribution in [0.4, 0.5) is 4.39 Å². The lowest BCUT2D eigenvalue weighted by molar-refractivity contribution is -0.180. The molecule has 1 N–H and O–H groups in total. The minimum absolute atomic E-state index is 0.0947. The Kier molecular flexibility index (Phi) is 5.71.